The van der Waals surface area contributed by atoms with Crippen molar-refractivity contribution in [3.63, 3.8) is 0 Å². The Morgan fingerprint density at radius 3 is 1.72 bits per heavy atom. The van der Waals surface area contributed by atoms with E-state index in [-0.39, 0.29) is 0 Å². The SMILES string of the molecule is c1ccc(-c2nc(-c3ccccc3)nc(-c3cccc4c3sc3cccc(-c5ccc6c(c5)oc5c(-n7c8ccccc8c8ccccc87)cccc56)c34)n2)cc1. The van der Waals surface area contributed by atoms with Crippen LogP contribution in [-0.2, 0) is 0 Å². The molecule has 0 aliphatic rings. The van der Waals surface area contributed by atoms with Crippen LogP contribution in [0.5, 0.6) is 0 Å². The van der Waals surface area contributed by atoms with Crippen molar-refractivity contribution in [1.29, 1.82) is 0 Å². The number of hydrogen-bond acceptors (Lipinski definition) is 5. The predicted molar refractivity (Wildman–Crippen MR) is 236 cm³/mol. The number of para-hydroxylation sites is 3. The third kappa shape index (κ3) is 4.98. The summed E-state index contributed by atoms with van der Waals surface area (Å²) in [6.07, 6.45) is 0. The summed E-state index contributed by atoms with van der Waals surface area (Å²) in [7, 11) is 0. The molecule has 0 amide bonds. The molecule has 0 fully saturated rings. The van der Waals surface area contributed by atoms with Crippen LogP contribution in [0.3, 0.4) is 0 Å². The number of fused-ring (bicyclic) bond motifs is 9. The van der Waals surface area contributed by atoms with Crippen molar-refractivity contribution in [2.24, 2.45) is 0 Å². The van der Waals surface area contributed by atoms with Gasteiger partial charge in [0.15, 0.2) is 23.1 Å². The number of aromatic nitrogens is 4. The average molecular weight is 747 g/mol. The number of nitrogens with zero attached hydrogens (tertiary/aromatic N) is 4. The van der Waals surface area contributed by atoms with Crippen LogP contribution in [0, 0.1) is 0 Å². The third-order valence-corrected chi connectivity index (χ3v) is 12.3. The Hall–Kier alpha value is -7.41. The smallest absolute Gasteiger partial charge is 0.165 e. The largest absolute Gasteiger partial charge is 0.454 e. The van der Waals surface area contributed by atoms with Gasteiger partial charge < -0.3 is 8.98 Å². The lowest BCUT2D eigenvalue weighted by atomic mass is 9.97. The number of hydrogen-bond donors (Lipinski definition) is 0. The van der Waals surface area contributed by atoms with Gasteiger partial charge in [-0.25, -0.2) is 15.0 Å². The lowest BCUT2D eigenvalue weighted by Crippen LogP contribution is -2.00. The number of rotatable bonds is 5. The molecule has 0 saturated heterocycles. The first-order chi connectivity index (χ1) is 28.3. The molecule has 4 aromatic heterocycles. The van der Waals surface area contributed by atoms with Gasteiger partial charge in [-0.1, -0.05) is 140 Å². The molecule has 0 saturated carbocycles. The number of furan rings is 1. The van der Waals surface area contributed by atoms with Gasteiger partial charge in [-0.2, -0.15) is 0 Å². The van der Waals surface area contributed by atoms with Gasteiger partial charge in [0.25, 0.3) is 0 Å². The summed E-state index contributed by atoms with van der Waals surface area (Å²) in [5, 5.41) is 7.03. The molecule has 0 atom stereocenters. The van der Waals surface area contributed by atoms with Gasteiger partial charge in [0.1, 0.15) is 5.58 Å². The maximum absolute atomic E-state index is 6.88. The zero-order chi connectivity index (χ0) is 37.5. The van der Waals surface area contributed by atoms with Crippen molar-refractivity contribution < 1.29 is 4.42 Å². The minimum Gasteiger partial charge on any atom is -0.454 e. The molecule has 0 N–H and O–H groups in total. The van der Waals surface area contributed by atoms with Crippen LogP contribution in [0.2, 0.25) is 0 Å². The summed E-state index contributed by atoms with van der Waals surface area (Å²) in [5.41, 5.74) is 10.2. The molecule has 0 radical (unpaired) electrons. The Bertz CT molecular complexity index is 3420. The molecule has 4 heterocycles. The first-order valence-corrected chi connectivity index (χ1v) is 19.8. The molecular formula is C51H30N4OS. The molecule has 57 heavy (non-hydrogen) atoms. The second-order valence-electron chi connectivity index (χ2n) is 14.3. The summed E-state index contributed by atoms with van der Waals surface area (Å²) < 4.78 is 11.6. The minimum atomic E-state index is 0.652. The van der Waals surface area contributed by atoms with E-state index in [4.69, 9.17) is 19.4 Å². The van der Waals surface area contributed by atoms with E-state index < -0.39 is 0 Å². The third-order valence-electron chi connectivity index (χ3n) is 11.1. The van der Waals surface area contributed by atoms with E-state index in [2.05, 4.69) is 126 Å². The Morgan fingerprint density at radius 2 is 1.00 bits per heavy atom. The highest BCUT2D eigenvalue weighted by atomic mass is 32.1. The van der Waals surface area contributed by atoms with E-state index >= 15 is 0 Å². The average Bonchev–Trinajstić information content (AvgIpc) is 3.96. The highest BCUT2D eigenvalue weighted by Gasteiger charge is 2.21. The molecule has 0 aliphatic heterocycles. The quantitative estimate of drug-likeness (QED) is 0.176. The summed E-state index contributed by atoms with van der Waals surface area (Å²) in [4.78, 5) is 15.1. The molecule has 266 valence electrons. The maximum atomic E-state index is 6.88. The summed E-state index contributed by atoms with van der Waals surface area (Å²) in [5.74, 6) is 1.96. The fourth-order valence-corrected chi connectivity index (χ4v) is 9.74. The van der Waals surface area contributed by atoms with Gasteiger partial charge in [-0.3, -0.25) is 0 Å². The summed E-state index contributed by atoms with van der Waals surface area (Å²) in [6.45, 7) is 0. The fourth-order valence-electron chi connectivity index (χ4n) is 8.50. The molecular weight excluding hydrogens is 717 g/mol. The first kappa shape index (κ1) is 31.9. The van der Waals surface area contributed by atoms with Crippen LogP contribution in [0.1, 0.15) is 0 Å². The van der Waals surface area contributed by atoms with Gasteiger partial charge >= 0.3 is 0 Å². The van der Waals surface area contributed by atoms with Crippen molar-refractivity contribution in [2.75, 3.05) is 0 Å². The second kappa shape index (κ2) is 12.6. The molecule has 12 rings (SSSR count). The van der Waals surface area contributed by atoms with Crippen molar-refractivity contribution in [3.8, 4) is 51.0 Å². The molecule has 6 heteroatoms. The van der Waals surface area contributed by atoms with Gasteiger partial charge in [0.2, 0.25) is 0 Å². The lowest BCUT2D eigenvalue weighted by molar-refractivity contribution is 0.666. The van der Waals surface area contributed by atoms with E-state index in [9.17, 15) is 0 Å². The molecule has 0 bridgehead atoms. The highest BCUT2D eigenvalue weighted by molar-refractivity contribution is 7.26. The van der Waals surface area contributed by atoms with Crippen LogP contribution in [0.15, 0.2) is 186 Å². The van der Waals surface area contributed by atoms with E-state index in [1.165, 1.54) is 26.2 Å². The number of benzene rings is 8. The van der Waals surface area contributed by atoms with Gasteiger partial charge in [0.05, 0.1) is 16.7 Å². The minimum absolute atomic E-state index is 0.652. The van der Waals surface area contributed by atoms with Crippen LogP contribution in [0.4, 0.5) is 0 Å². The Labute approximate surface area is 330 Å². The monoisotopic (exact) mass is 746 g/mol. The van der Waals surface area contributed by atoms with Crippen LogP contribution >= 0.6 is 11.3 Å². The van der Waals surface area contributed by atoms with Gasteiger partial charge in [-0.05, 0) is 53.6 Å². The molecule has 0 unspecified atom stereocenters. The Kier molecular flexibility index (Phi) is 7.03. The Morgan fingerprint density at radius 1 is 0.421 bits per heavy atom. The summed E-state index contributed by atoms with van der Waals surface area (Å²) in [6, 6.07) is 63.7. The predicted octanol–water partition coefficient (Wildman–Crippen LogP) is 13.9. The molecule has 0 spiro atoms. The maximum Gasteiger partial charge on any atom is 0.165 e. The first-order valence-electron chi connectivity index (χ1n) is 19.0. The fraction of sp³-hybridized carbons (Fsp3) is 0. The highest BCUT2D eigenvalue weighted by Crippen LogP contribution is 2.45. The lowest BCUT2D eigenvalue weighted by Gasteiger charge is -2.09. The van der Waals surface area contributed by atoms with Gasteiger partial charge in [0, 0.05) is 58.4 Å². The van der Waals surface area contributed by atoms with E-state index in [0.29, 0.717) is 17.5 Å². The summed E-state index contributed by atoms with van der Waals surface area (Å²) >= 11 is 1.78. The zero-order valence-electron chi connectivity index (χ0n) is 30.4. The van der Waals surface area contributed by atoms with E-state index in [1.807, 2.05) is 60.7 Å². The molecule has 8 aromatic carbocycles. The zero-order valence-corrected chi connectivity index (χ0v) is 31.2. The van der Waals surface area contributed by atoms with Crippen LogP contribution in [-0.4, -0.2) is 19.5 Å². The van der Waals surface area contributed by atoms with Crippen LogP contribution in [0.25, 0.3) is 115 Å². The topological polar surface area (TPSA) is 56.7 Å². The molecule has 0 aliphatic carbocycles. The standard InChI is InChI=1S/C51H30N4OS/c1-3-14-31(15-4-1)49-52-50(32-16-5-2-6-17-32)54-51(53-49)40-23-11-22-39-46-34(20-13-27-45(46)57-48(39)40)33-28-29-37-38-21-12-26-43(47(38)56-44(37)30-33)55-41-24-9-7-18-35(41)36-19-8-10-25-42(36)55/h1-30H. The van der Waals surface area contributed by atoms with Crippen molar-refractivity contribution >= 4 is 75.3 Å². The Balaban J connectivity index is 1.03. The normalized spacial score (nSPS) is 11.9. The van der Waals surface area contributed by atoms with E-state index in [1.54, 1.807) is 11.3 Å². The van der Waals surface area contributed by atoms with Crippen molar-refractivity contribution in [2.45, 2.75) is 0 Å². The molecule has 5 nitrogen and oxygen atoms in total. The van der Waals surface area contributed by atoms with Crippen LogP contribution < -0.4 is 0 Å². The van der Waals surface area contributed by atoms with E-state index in [0.717, 1.165) is 71.2 Å². The van der Waals surface area contributed by atoms with Crippen molar-refractivity contribution in [1.82, 2.24) is 19.5 Å². The number of thiophene rings is 1. The van der Waals surface area contributed by atoms with Crippen molar-refractivity contribution in [3.05, 3.63) is 182 Å². The second-order valence-corrected chi connectivity index (χ2v) is 15.4. The molecule has 12 aromatic rings. The van der Waals surface area contributed by atoms with Gasteiger partial charge in [-0.15, -0.1) is 11.3 Å².